The average molecular weight is 182 g/mol. The summed E-state index contributed by atoms with van der Waals surface area (Å²) in [7, 11) is 0. The maximum atomic E-state index is 6.18. The maximum absolute atomic E-state index is 6.18. The Morgan fingerprint density at radius 3 is 2.69 bits per heavy atom. The Morgan fingerprint density at radius 2 is 2.08 bits per heavy atom. The molecule has 0 aromatic carbocycles. The summed E-state index contributed by atoms with van der Waals surface area (Å²) < 4.78 is 6.18. The van der Waals surface area contributed by atoms with Crippen LogP contribution in [0.4, 0.5) is 0 Å². The van der Waals surface area contributed by atoms with E-state index in [1.807, 2.05) is 0 Å². The second kappa shape index (κ2) is 2.73. The fourth-order valence-corrected chi connectivity index (χ4v) is 3.39. The average Bonchev–Trinajstić information content (AvgIpc) is 2.31. The molecule has 1 saturated carbocycles. The minimum atomic E-state index is 0.188. The first-order valence-corrected chi connectivity index (χ1v) is 5.70. The smallest absolute Gasteiger partial charge is 0.0690 e. The van der Waals surface area contributed by atoms with Crippen molar-refractivity contribution in [1.82, 2.24) is 0 Å². The summed E-state index contributed by atoms with van der Waals surface area (Å²) in [5.74, 6) is 0.747. The quantitative estimate of drug-likeness (QED) is 0.604. The number of hydrogen-bond acceptors (Lipinski definition) is 1. The molecule has 4 atom stereocenters. The fourth-order valence-electron chi connectivity index (χ4n) is 3.39. The topological polar surface area (TPSA) is 9.23 Å². The van der Waals surface area contributed by atoms with E-state index >= 15 is 0 Å². The standard InChI is InChI=1S/C12H22O/c1-5-12-7-6-9(2)11(4,8-12)13-10(12)3/h9-10H,5-8H2,1-4H3. The minimum Gasteiger partial charge on any atom is -0.371 e. The van der Waals surface area contributed by atoms with Crippen molar-refractivity contribution in [2.45, 2.75) is 65.1 Å². The van der Waals surface area contributed by atoms with E-state index in [4.69, 9.17) is 4.74 Å². The van der Waals surface area contributed by atoms with Crippen molar-refractivity contribution in [3.63, 3.8) is 0 Å². The van der Waals surface area contributed by atoms with E-state index < -0.39 is 0 Å². The summed E-state index contributed by atoms with van der Waals surface area (Å²) in [5.41, 5.74) is 0.703. The van der Waals surface area contributed by atoms with Crippen molar-refractivity contribution in [3.05, 3.63) is 0 Å². The highest BCUT2D eigenvalue weighted by molar-refractivity contribution is 5.04. The monoisotopic (exact) mass is 182 g/mol. The molecule has 0 aromatic rings. The predicted molar refractivity (Wildman–Crippen MR) is 54.7 cm³/mol. The molecule has 2 bridgehead atoms. The highest BCUT2D eigenvalue weighted by Gasteiger charge is 2.55. The second-order valence-electron chi connectivity index (χ2n) is 5.41. The van der Waals surface area contributed by atoms with Crippen molar-refractivity contribution in [1.29, 1.82) is 0 Å². The first-order chi connectivity index (χ1) is 6.02. The number of hydrogen-bond donors (Lipinski definition) is 0. The van der Waals surface area contributed by atoms with Gasteiger partial charge in [0.2, 0.25) is 0 Å². The molecule has 0 amide bonds. The molecular weight excluding hydrogens is 160 g/mol. The van der Waals surface area contributed by atoms with Crippen LogP contribution in [0.1, 0.15) is 53.4 Å². The van der Waals surface area contributed by atoms with Crippen molar-refractivity contribution in [2.75, 3.05) is 0 Å². The van der Waals surface area contributed by atoms with E-state index in [-0.39, 0.29) is 5.60 Å². The lowest BCUT2D eigenvalue weighted by molar-refractivity contribution is -0.0545. The van der Waals surface area contributed by atoms with Crippen LogP contribution < -0.4 is 0 Å². The zero-order valence-corrected chi connectivity index (χ0v) is 9.39. The van der Waals surface area contributed by atoms with E-state index in [9.17, 15) is 0 Å². The van der Waals surface area contributed by atoms with Crippen LogP contribution >= 0.6 is 0 Å². The van der Waals surface area contributed by atoms with Crippen LogP contribution in [-0.4, -0.2) is 11.7 Å². The van der Waals surface area contributed by atoms with Gasteiger partial charge in [0.25, 0.3) is 0 Å². The Labute approximate surface area is 81.9 Å². The highest BCUT2D eigenvalue weighted by Crippen LogP contribution is 2.57. The van der Waals surface area contributed by atoms with E-state index in [1.54, 1.807) is 0 Å². The van der Waals surface area contributed by atoms with Crippen LogP contribution in [0.5, 0.6) is 0 Å². The van der Waals surface area contributed by atoms with Gasteiger partial charge >= 0.3 is 0 Å². The lowest BCUT2D eigenvalue weighted by Gasteiger charge is -2.39. The van der Waals surface area contributed by atoms with E-state index in [2.05, 4.69) is 27.7 Å². The van der Waals surface area contributed by atoms with Crippen molar-refractivity contribution in [2.24, 2.45) is 11.3 Å². The molecule has 2 fully saturated rings. The van der Waals surface area contributed by atoms with Gasteiger partial charge in [0.05, 0.1) is 11.7 Å². The lowest BCUT2D eigenvalue weighted by Crippen LogP contribution is -2.38. The van der Waals surface area contributed by atoms with Crippen LogP contribution in [0.15, 0.2) is 0 Å². The molecule has 0 N–H and O–H groups in total. The molecule has 2 aliphatic rings. The SMILES string of the molecule is CCC12CCC(C)C(C)(C1)OC2C. The van der Waals surface area contributed by atoms with Gasteiger partial charge in [-0.15, -0.1) is 0 Å². The maximum Gasteiger partial charge on any atom is 0.0690 e. The van der Waals surface area contributed by atoms with Gasteiger partial charge in [0.1, 0.15) is 0 Å². The first-order valence-electron chi connectivity index (χ1n) is 5.70. The molecule has 2 rings (SSSR count). The van der Waals surface area contributed by atoms with Gasteiger partial charge in [-0.05, 0) is 50.9 Å². The molecule has 1 nitrogen and oxygen atoms in total. The molecule has 1 heterocycles. The van der Waals surface area contributed by atoms with Gasteiger partial charge in [-0.1, -0.05) is 13.8 Å². The number of rotatable bonds is 1. The number of ether oxygens (including phenoxy) is 1. The fraction of sp³-hybridized carbons (Fsp3) is 1.00. The van der Waals surface area contributed by atoms with Crippen LogP contribution in [0.3, 0.4) is 0 Å². The third kappa shape index (κ3) is 1.16. The van der Waals surface area contributed by atoms with Crippen LogP contribution in [0.25, 0.3) is 0 Å². The van der Waals surface area contributed by atoms with Gasteiger partial charge in [0.15, 0.2) is 0 Å². The van der Waals surface area contributed by atoms with Crippen LogP contribution in [0, 0.1) is 11.3 Å². The molecule has 76 valence electrons. The molecular formula is C12H22O. The molecule has 1 saturated heterocycles. The van der Waals surface area contributed by atoms with E-state index in [0.29, 0.717) is 11.5 Å². The second-order valence-corrected chi connectivity index (χ2v) is 5.41. The van der Waals surface area contributed by atoms with Crippen LogP contribution in [0.2, 0.25) is 0 Å². The van der Waals surface area contributed by atoms with Gasteiger partial charge in [0, 0.05) is 0 Å². The lowest BCUT2D eigenvalue weighted by atomic mass is 9.64. The molecule has 4 unspecified atom stereocenters. The molecule has 13 heavy (non-hydrogen) atoms. The summed E-state index contributed by atoms with van der Waals surface area (Å²) >= 11 is 0. The Bertz CT molecular complexity index is 213. The molecule has 0 aromatic heterocycles. The molecule has 0 radical (unpaired) electrons. The van der Waals surface area contributed by atoms with E-state index in [1.165, 1.54) is 25.7 Å². The largest absolute Gasteiger partial charge is 0.371 e. The minimum absolute atomic E-state index is 0.188. The Morgan fingerprint density at radius 1 is 1.38 bits per heavy atom. The molecule has 1 aliphatic carbocycles. The van der Waals surface area contributed by atoms with Gasteiger partial charge in [-0.3, -0.25) is 0 Å². The van der Waals surface area contributed by atoms with Crippen molar-refractivity contribution in [3.8, 4) is 0 Å². The zero-order valence-electron chi connectivity index (χ0n) is 9.39. The number of fused-ring (bicyclic) bond motifs is 2. The summed E-state index contributed by atoms with van der Waals surface area (Å²) in [6.07, 6.45) is 5.79. The van der Waals surface area contributed by atoms with Gasteiger partial charge in [-0.2, -0.15) is 0 Å². The zero-order chi connectivity index (χ0) is 9.69. The molecule has 1 heteroatoms. The highest BCUT2D eigenvalue weighted by atomic mass is 16.5. The van der Waals surface area contributed by atoms with Crippen molar-refractivity contribution >= 4 is 0 Å². The summed E-state index contributed by atoms with van der Waals surface area (Å²) in [4.78, 5) is 0. The van der Waals surface area contributed by atoms with Crippen LogP contribution in [-0.2, 0) is 4.74 Å². The third-order valence-corrected chi connectivity index (χ3v) is 4.83. The van der Waals surface area contributed by atoms with Crippen molar-refractivity contribution < 1.29 is 4.74 Å². The van der Waals surface area contributed by atoms with Gasteiger partial charge < -0.3 is 4.74 Å². The Kier molecular flexibility index (Phi) is 1.99. The molecule has 0 spiro atoms. The Hall–Kier alpha value is -0.0400. The third-order valence-electron chi connectivity index (χ3n) is 4.83. The first kappa shape index (κ1) is 9.51. The van der Waals surface area contributed by atoms with Gasteiger partial charge in [-0.25, -0.2) is 0 Å². The Balaban J connectivity index is 2.28. The normalized spacial score (nSPS) is 55.4. The summed E-state index contributed by atoms with van der Waals surface area (Å²) in [5, 5.41) is 0. The van der Waals surface area contributed by atoms with E-state index in [0.717, 1.165) is 5.92 Å². The molecule has 1 aliphatic heterocycles. The summed E-state index contributed by atoms with van der Waals surface area (Å²) in [6.45, 7) is 9.25. The summed E-state index contributed by atoms with van der Waals surface area (Å²) in [6, 6.07) is 0. The predicted octanol–water partition coefficient (Wildman–Crippen LogP) is 3.38.